The first-order valence-corrected chi connectivity index (χ1v) is 7.82. The normalized spacial score (nSPS) is 12.6. The number of hydrogen-bond acceptors (Lipinski definition) is 5. The van der Waals surface area contributed by atoms with E-state index in [4.69, 9.17) is 14.2 Å². The summed E-state index contributed by atoms with van der Waals surface area (Å²) in [7, 11) is 0. The van der Waals surface area contributed by atoms with Crippen molar-refractivity contribution in [2.24, 2.45) is 0 Å². The van der Waals surface area contributed by atoms with Gasteiger partial charge in [0.2, 0.25) is 0 Å². The third-order valence-corrected chi connectivity index (χ3v) is 4.01. The van der Waals surface area contributed by atoms with Gasteiger partial charge in [0.1, 0.15) is 25.9 Å². The van der Waals surface area contributed by atoms with Gasteiger partial charge in [-0.25, -0.2) is 4.79 Å². The summed E-state index contributed by atoms with van der Waals surface area (Å²) in [6.45, 7) is 0.974. The van der Waals surface area contributed by atoms with E-state index in [9.17, 15) is 10.1 Å². The van der Waals surface area contributed by atoms with Crippen molar-refractivity contribution < 1.29 is 19.0 Å². The molecule has 6 heteroatoms. The van der Waals surface area contributed by atoms with Gasteiger partial charge in [0.15, 0.2) is 11.5 Å². The molecule has 0 saturated carbocycles. The van der Waals surface area contributed by atoms with E-state index in [-0.39, 0.29) is 6.61 Å². The van der Waals surface area contributed by atoms with Gasteiger partial charge in [0.25, 0.3) is 0 Å². The summed E-state index contributed by atoms with van der Waals surface area (Å²) in [4.78, 5) is 12.3. The third kappa shape index (κ3) is 2.76. The van der Waals surface area contributed by atoms with E-state index in [0.717, 1.165) is 5.52 Å². The average molecular weight is 334 g/mol. The van der Waals surface area contributed by atoms with Crippen molar-refractivity contribution in [3.05, 3.63) is 65.5 Å². The summed E-state index contributed by atoms with van der Waals surface area (Å²) < 4.78 is 18.1. The van der Waals surface area contributed by atoms with Gasteiger partial charge in [-0.3, -0.25) is 0 Å². The van der Waals surface area contributed by atoms with Crippen LogP contribution < -0.4 is 9.47 Å². The van der Waals surface area contributed by atoms with Crippen LogP contribution in [0.1, 0.15) is 21.5 Å². The topological polar surface area (TPSA) is 73.0 Å². The first-order chi connectivity index (χ1) is 12.3. The molecule has 0 fully saturated rings. The molecule has 2 aromatic heterocycles. The fourth-order valence-corrected chi connectivity index (χ4v) is 2.81. The third-order valence-electron chi connectivity index (χ3n) is 4.01. The number of fused-ring (bicyclic) bond motifs is 2. The van der Waals surface area contributed by atoms with Crippen LogP contribution in [0.25, 0.3) is 5.52 Å². The molecule has 0 spiro atoms. The Hall–Kier alpha value is -3.46. The Morgan fingerprint density at radius 2 is 2.04 bits per heavy atom. The summed E-state index contributed by atoms with van der Waals surface area (Å²) in [6, 6.07) is 12.7. The molecule has 1 aromatic carbocycles. The highest BCUT2D eigenvalue weighted by molar-refractivity contribution is 5.90. The molecule has 0 N–H and O–H groups in total. The molecule has 0 aliphatic carbocycles. The van der Waals surface area contributed by atoms with Gasteiger partial charge in [-0.1, -0.05) is 6.07 Å². The molecule has 6 nitrogen and oxygen atoms in total. The van der Waals surface area contributed by atoms with Gasteiger partial charge in [0, 0.05) is 18.0 Å². The summed E-state index contributed by atoms with van der Waals surface area (Å²) in [5, 5.41) is 9.39. The SMILES string of the molecule is N#Cc1c(COC(=O)c2ccc3c(c2)OCCO3)cn2ccccc12. The lowest BCUT2D eigenvalue weighted by Crippen LogP contribution is -2.16. The van der Waals surface area contributed by atoms with Crippen LogP contribution in [-0.4, -0.2) is 23.6 Å². The molecular weight excluding hydrogens is 320 g/mol. The van der Waals surface area contributed by atoms with E-state index >= 15 is 0 Å². The standard InChI is InChI=1S/C19H14N2O4/c20-10-15-14(11-21-6-2-1-3-16(15)21)12-25-19(22)13-4-5-17-18(9-13)24-8-7-23-17/h1-6,9,11H,7-8,12H2. The molecule has 0 saturated heterocycles. The summed E-state index contributed by atoms with van der Waals surface area (Å²) in [5.41, 5.74) is 2.34. The Morgan fingerprint density at radius 3 is 2.88 bits per heavy atom. The van der Waals surface area contributed by atoms with Crippen molar-refractivity contribution in [2.75, 3.05) is 13.2 Å². The number of aromatic nitrogens is 1. The van der Waals surface area contributed by atoms with Crippen molar-refractivity contribution in [3.8, 4) is 17.6 Å². The minimum absolute atomic E-state index is 0.0256. The van der Waals surface area contributed by atoms with Gasteiger partial charge in [0.05, 0.1) is 16.6 Å². The second-order valence-electron chi connectivity index (χ2n) is 5.57. The Labute approximate surface area is 143 Å². The van der Waals surface area contributed by atoms with Crippen molar-refractivity contribution in [3.63, 3.8) is 0 Å². The molecule has 3 heterocycles. The number of pyridine rings is 1. The fraction of sp³-hybridized carbons (Fsp3) is 0.158. The van der Waals surface area contributed by atoms with E-state index in [1.165, 1.54) is 0 Å². The maximum absolute atomic E-state index is 12.3. The molecular formula is C19H14N2O4. The molecule has 0 unspecified atom stereocenters. The second-order valence-corrected chi connectivity index (χ2v) is 5.57. The van der Waals surface area contributed by atoms with Crippen molar-refractivity contribution in [1.82, 2.24) is 4.40 Å². The number of esters is 1. The highest BCUT2D eigenvalue weighted by Crippen LogP contribution is 2.31. The van der Waals surface area contributed by atoms with Gasteiger partial charge in [-0.05, 0) is 30.3 Å². The number of nitrogens with zero attached hydrogens (tertiary/aromatic N) is 2. The monoisotopic (exact) mass is 334 g/mol. The van der Waals surface area contributed by atoms with Crippen LogP contribution in [0, 0.1) is 11.3 Å². The van der Waals surface area contributed by atoms with Gasteiger partial charge in [-0.2, -0.15) is 5.26 Å². The molecule has 4 rings (SSSR count). The van der Waals surface area contributed by atoms with E-state index < -0.39 is 5.97 Å². The first kappa shape index (κ1) is 15.1. The molecule has 25 heavy (non-hydrogen) atoms. The summed E-state index contributed by atoms with van der Waals surface area (Å²) >= 11 is 0. The van der Waals surface area contributed by atoms with Gasteiger partial charge < -0.3 is 18.6 Å². The van der Waals surface area contributed by atoms with Crippen LogP contribution in [0.5, 0.6) is 11.5 Å². The zero-order valence-electron chi connectivity index (χ0n) is 13.3. The fourth-order valence-electron chi connectivity index (χ4n) is 2.81. The van der Waals surface area contributed by atoms with Crippen molar-refractivity contribution >= 4 is 11.5 Å². The van der Waals surface area contributed by atoms with E-state index in [0.29, 0.717) is 41.4 Å². The molecule has 3 aromatic rings. The van der Waals surface area contributed by atoms with Crippen molar-refractivity contribution in [2.45, 2.75) is 6.61 Å². The Morgan fingerprint density at radius 1 is 1.20 bits per heavy atom. The minimum atomic E-state index is -0.476. The number of benzene rings is 1. The van der Waals surface area contributed by atoms with Crippen LogP contribution in [0.15, 0.2) is 48.8 Å². The van der Waals surface area contributed by atoms with Gasteiger partial charge >= 0.3 is 5.97 Å². The van der Waals surface area contributed by atoms with Crippen LogP contribution in [0.4, 0.5) is 0 Å². The van der Waals surface area contributed by atoms with E-state index in [2.05, 4.69) is 6.07 Å². The number of carbonyl (C=O) groups is 1. The molecule has 1 aliphatic rings. The number of hydrogen-bond donors (Lipinski definition) is 0. The number of carbonyl (C=O) groups excluding carboxylic acids is 1. The Kier molecular flexibility index (Phi) is 3.75. The van der Waals surface area contributed by atoms with E-state index in [1.807, 2.05) is 28.8 Å². The van der Waals surface area contributed by atoms with Crippen molar-refractivity contribution in [1.29, 1.82) is 5.26 Å². The second kappa shape index (κ2) is 6.21. The smallest absolute Gasteiger partial charge is 0.338 e. The molecule has 124 valence electrons. The quantitative estimate of drug-likeness (QED) is 0.689. The van der Waals surface area contributed by atoms with Gasteiger partial charge in [-0.15, -0.1) is 0 Å². The maximum Gasteiger partial charge on any atom is 0.338 e. The largest absolute Gasteiger partial charge is 0.486 e. The average Bonchev–Trinajstić information content (AvgIpc) is 3.03. The number of nitriles is 1. The zero-order valence-corrected chi connectivity index (χ0v) is 13.3. The van der Waals surface area contributed by atoms with Crippen LogP contribution >= 0.6 is 0 Å². The minimum Gasteiger partial charge on any atom is -0.486 e. The lowest BCUT2D eigenvalue weighted by molar-refractivity contribution is 0.0471. The van der Waals surface area contributed by atoms with E-state index in [1.54, 1.807) is 24.4 Å². The maximum atomic E-state index is 12.3. The van der Waals surface area contributed by atoms with Crippen LogP contribution in [0.2, 0.25) is 0 Å². The molecule has 0 bridgehead atoms. The number of rotatable bonds is 3. The lowest BCUT2D eigenvalue weighted by Gasteiger charge is -2.18. The zero-order chi connectivity index (χ0) is 17.2. The predicted octanol–water partition coefficient (Wildman–Crippen LogP) is 2.94. The summed E-state index contributed by atoms with van der Waals surface area (Å²) in [6.07, 6.45) is 3.65. The molecule has 0 amide bonds. The Balaban J connectivity index is 1.54. The summed E-state index contributed by atoms with van der Waals surface area (Å²) in [5.74, 6) is 0.678. The molecule has 1 aliphatic heterocycles. The lowest BCUT2D eigenvalue weighted by atomic mass is 10.2. The Bertz CT molecular complexity index is 1000. The number of ether oxygens (including phenoxy) is 3. The predicted molar refractivity (Wildman–Crippen MR) is 88.7 cm³/mol. The first-order valence-electron chi connectivity index (χ1n) is 7.82. The highest BCUT2D eigenvalue weighted by Gasteiger charge is 2.17. The van der Waals surface area contributed by atoms with Crippen LogP contribution in [-0.2, 0) is 11.3 Å². The van der Waals surface area contributed by atoms with Crippen LogP contribution in [0.3, 0.4) is 0 Å². The highest BCUT2D eigenvalue weighted by atomic mass is 16.6. The molecule has 0 atom stereocenters. The molecule has 0 radical (unpaired) electrons.